The maximum Gasteiger partial charge on any atom is 0.354 e. The Morgan fingerprint density at radius 1 is 1.33 bits per heavy atom. The molecule has 0 atom stereocenters. The van der Waals surface area contributed by atoms with Gasteiger partial charge >= 0.3 is 5.97 Å². The van der Waals surface area contributed by atoms with E-state index < -0.39 is 5.97 Å². The number of carboxylic acid groups (broad SMARTS) is 1. The van der Waals surface area contributed by atoms with E-state index in [1.54, 1.807) is 37.4 Å². The number of pyridine rings is 2. The molecule has 0 aromatic carbocycles. The van der Waals surface area contributed by atoms with Crippen molar-refractivity contribution in [2.24, 2.45) is 0 Å². The minimum Gasteiger partial charge on any atom is -0.477 e. The molecular weight excluding hydrogens is 232 g/mol. The molecule has 0 unspecified atom stereocenters. The van der Waals surface area contributed by atoms with Crippen LogP contribution in [0, 0.1) is 6.92 Å². The van der Waals surface area contributed by atoms with Crippen molar-refractivity contribution < 1.29 is 9.90 Å². The van der Waals surface area contributed by atoms with E-state index in [9.17, 15) is 9.59 Å². The Morgan fingerprint density at radius 3 is 2.83 bits per heavy atom. The fraction of sp³-hybridized carbons (Fsp3) is 0.154. The third-order valence-electron chi connectivity index (χ3n) is 2.57. The molecule has 2 aromatic heterocycles. The molecule has 0 saturated carbocycles. The normalized spacial score (nSPS) is 10.3. The summed E-state index contributed by atoms with van der Waals surface area (Å²) in [5, 5.41) is 8.84. The Morgan fingerprint density at radius 2 is 2.11 bits per heavy atom. The van der Waals surface area contributed by atoms with Crippen molar-refractivity contribution in [3.05, 3.63) is 63.8 Å². The van der Waals surface area contributed by atoms with Crippen LogP contribution in [-0.4, -0.2) is 20.6 Å². The van der Waals surface area contributed by atoms with Crippen LogP contribution in [0.4, 0.5) is 0 Å². The highest BCUT2D eigenvalue weighted by molar-refractivity contribution is 5.85. The van der Waals surface area contributed by atoms with Crippen LogP contribution in [0.5, 0.6) is 0 Å². The molecule has 0 aliphatic rings. The highest BCUT2D eigenvalue weighted by Gasteiger charge is 2.06. The summed E-state index contributed by atoms with van der Waals surface area (Å²) >= 11 is 0. The second kappa shape index (κ2) is 4.83. The van der Waals surface area contributed by atoms with Crippen molar-refractivity contribution in [3.63, 3.8) is 0 Å². The lowest BCUT2D eigenvalue weighted by atomic mass is 10.2. The van der Waals surface area contributed by atoms with E-state index in [-0.39, 0.29) is 17.8 Å². The largest absolute Gasteiger partial charge is 0.477 e. The van der Waals surface area contributed by atoms with Gasteiger partial charge in [0.25, 0.3) is 5.56 Å². The number of carboxylic acids is 1. The summed E-state index contributed by atoms with van der Waals surface area (Å²) in [5.74, 6) is -1.08. The molecule has 2 rings (SSSR count). The molecule has 0 fully saturated rings. The summed E-state index contributed by atoms with van der Waals surface area (Å²) in [5.41, 5.74) is 1.07. The standard InChI is InChI=1S/C13H12N2O3/c1-9-4-3-7-15(12(9)16)8-10-5-2-6-11(14-10)13(17)18/h2-7H,8H2,1H3,(H,17,18). The first-order valence-corrected chi connectivity index (χ1v) is 5.43. The van der Waals surface area contributed by atoms with Crippen LogP contribution in [0.2, 0.25) is 0 Å². The molecule has 0 radical (unpaired) electrons. The summed E-state index contributed by atoms with van der Waals surface area (Å²) in [4.78, 5) is 26.6. The monoisotopic (exact) mass is 244 g/mol. The summed E-state index contributed by atoms with van der Waals surface area (Å²) < 4.78 is 1.50. The molecular formula is C13H12N2O3. The van der Waals surface area contributed by atoms with E-state index >= 15 is 0 Å². The first-order chi connectivity index (χ1) is 8.58. The lowest BCUT2D eigenvalue weighted by molar-refractivity contribution is 0.0690. The fourth-order valence-electron chi connectivity index (χ4n) is 1.64. The van der Waals surface area contributed by atoms with E-state index in [1.165, 1.54) is 10.6 Å². The van der Waals surface area contributed by atoms with Gasteiger partial charge in [-0.15, -0.1) is 0 Å². The summed E-state index contributed by atoms with van der Waals surface area (Å²) in [6.07, 6.45) is 1.66. The maximum atomic E-state index is 11.8. The van der Waals surface area contributed by atoms with Gasteiger partial charge in [-0.1, -0.05) is 12.1 Å². The van der Waals surface area contributed by atoms with Crippen LogP contribution in [0.15, 0.2) is 41.3 Å². The van der Waals surface area contributed by atoms with Crippen molar-refractivity contribution >= 4 is 5.97 Å². The third-order valence-corrected chi connectivity index (χ3v) is 2.57. The van der Waals surface area contributed by atoms with Crippen molar-refractivity contribution in [3.8, 4) is 0 Å². The molecule has 0 aliphatic heterocycles. The fourth-order valence-corrected chi connectivity index (χ4v) is 1.64. The van der Waals surface area contributed by atoms with Gasteiger partial charge in [-0.05, 0) is 25.1 Å². The number of aryl methyl sites for hydroxylation is 1. The summed E-state index contributed by atoms with van der Waals surface area (Å²) in [6.45, 7) is 2.00. The molecule has 0 bridgehead atoms. The van der Waals surface area contributed by atoms with Gasteiger partial charge in [0, 0.05) is 11.8 Å². The van der Waals surface area contributed by atoms with Crippen molar-refractivity contribution in [1.29, 1.82) is 0 Å². The molecule has 2 aromatic rings. The number of rotatable bonds is 3. The van der Waals surface area contributed by atoms with Gasteiger partial charge in [-0.2, -0.15) is 0 Å². The van der Waals surface area contributed by atoms with Crippen molar-refractivity contribution in [2.45, 2.75) is 13.5 Å². The lowest BCUT2D eigenvalue weighted by Gasteiger charge is -2.06. The smallest absolute Gasteiger partial charge is 0.354 e. The Balaban J connectivity index is 2.34. The highest BCUT2D eigenvalue weighted by atomic mass is 16.4. The second-order valence-corrected chi connectivity index (χ2v) is 3.94. The van der Waals surface area contributed by atoms with Crippen molar-refractivity contribution in [1.82, 2.24) is 9.55 Å². The number of aromatic nitrogens is 2. The lowest BCUT2D eigenvalue weighted by Crippen LogP contribution is -2.22. The number of carbonyl (C=O) groups is 1. The van der Waals surface area contributed by atoms with Crippen LogP contribution in [0.3, 0.4) is 0 Å². The highest BCUT2D eigenvalue weighted by Crippen LogP contribution is 2.01. The number of aromatic carboxylic acids is 1. The van der Waals surface area contributed by atoms with Gasteiger partial charge < -0.3 is 9.67 Å². The zero-order valence-electron chi connectivity index (χ0n) is 9.83. The minimum atomic E-state index is -1.08. The first-order valence-electron chi connectivity index (χ1n) is 5.43. The third kappa shape index (κ3) is 2.45. The Labute approximate surface area is 103 Å². The van der Waals surface area contributed by atoms with Gasteiger partial charge in [0.2, 0.25) is 0 Å². The molecule has 0 amide bonds. The minimum absolute atomic E-state index is 0.0202. The summed E-state index contributed by atoms with van der Waals surface area (Å²) in [7, 11) is 0. The second-order valence-electron chi connectivity index (χ2n) is 3.94. The Hall–Kier alpha value is -2.43. The average molecular weight is 244 g/mol. The van der Waals surface area contributed by atoms with Gasteiger partial charge in [0.15, 0.2) is 0 Å². The van der Waals surface area contributed by atoms with Crippen LogP contribution >= 0.6 is 0 Å². The Bertz CT molecular complexity index is 647. The van der Waals surface area contributed by atoms with E-state index in [0.29, 0.717) is 11.3 Å². The predicted octanol–water partition coefficient (Wildman–Crippen LogP) is 1.30. The molecule has 0 saturated heterocycles. The molecule has 5 heteroatoms. The zero-order chi connectivity index (χ0) is 13.1. The zero-order valence-corrected chi connectivity index (χ0v) is 9.83. The van der Waals surface area contributed by atoms with E-state index in [4.69, 9.17) is 5.11 Å². The van der Waals surface area contributed by atoms with Crippen LogP contribution in [0.1, 0.15) is 21.7 Å². The maximum absolute atomic E-state index is 11.8. The van der Waals surface area contributed by atoms with Crippen LogP contribution in [-0.2, 0) is 6.54 Å². The van der Waals surface area contributed by atoms with E-state index in [1.807, 2.05) is 0 Å². The first kappa shape index (κ1) is 12.0. The summed E-state index contributed by atoms with van der Waals surface area (Å²) in [6, 6.07) is 8.25. The molecule has 5 nitrogen and oxygen atoms in total. The number of nitrogens with zero attached hydrogens (tertiary/aromatic N) is 2. The molecule has 18 heavy (non-hydrogen) atoms. The van der Waals surface area contributed by atoms with Crippen LogP contribution in [0.25, 0.3) is 0 Å². The predicted molar refractivity (Wildman–Crippen MR) is 65.7 cm³/mol. The van der Waals surface area contributed by atoms with Gasteiger partial charge in [-0.3, -0.25) is 4.79 Å². The number of hydrogen-bond acceptors (Lipinski definition) is 3. The molecule has 92 valence electrons. The molecule has 0 spiro atoms. The SMILES string of the molecule is Cc1cccn(Cc2cccc(C(=O)O)n2)c1=O. The molecule has 1 N–H and O–H groups in total. The Kier molecular flexibility index (Phi) is 3.23. The van der Waals surface area contributed by atoms with E-state index in [0.717, 1.165) is 0 Å². The van der Waals surface area contributed by atoms with Gasteiger partial charge in [-0.25, -0.2) is 9.78 Å². The van der Waals surface area contributed by atoms with Gasteiger partial charge in [0.05, 0.1) is 12.2 Å². The van der Waals surface area contributed by atoms with Crippen molar-refractivity contribution in [2.75, 3.05) is 0 Å². The molecule has 0 aliphatic carbocycles. The van der Waals surface area contributed by atoms with Crippen LogP contribution < -0.4 is 5.56 Å². The topological polar surface area (TPSA) is 72.2 Å². The van der Waals surface area contributed by atoms with Gasteiger partial charge in [0.1, 0.15) is 5.69 Å². The number of hydrogen-bond donors (Lipinski definition) is 1. The molecule has 2 heterocycles. The quantitative estimate of drug-likeness (QED) is 0.883. The average Bonchev–Trinajstić information content (AvgIpc) is 2.35. The van der Waals surface area contributed by atoms with E-state index in [2.05, 4.69) is 4.98 Å².